The van der Waals surface area contributed by atoms with Gasteiger partial charge < -0.3 is 10.6 Å². The molecule has 0 unspecified atom stereocenters. The summed E-state index contributed by atoms with van der Waals surface area (Å²) in [6.07, 6.45) is 4.88. The molecular formula is C29H48N4OS. The number of hydrogen-bond acceptors (Lipinski definition) is 6. The van der Waals surface area contributed by atoms with E-state index in [0.717, 1.165) is 58.1 Å². The van der Waals surface area contributed by atoms with Gasteiger partial charge in [0.2, 0.25) is 0 Å². The highest BCUT2D eigenvalue weighted by atomic mass is 32.2. The summed E-state index contributed by atoms with van der Waals surface area (Å²) in [5.74, 6) is 0.981. The molecule has 0 aliphatic heterocycles. The number of benzene rings is 2. The molecule has 0 atom stereocenters. The standard InChI is InChI=1S/C29H48N4OS/c1-3-30-19-11-12-21-32(25-28-15-7-5-8-16-28)22-13-14-23-33(26-29-17-9-6-10-18-29)27-34-35-24-20-31-4-2/h5-10,15-18,30-31H,3-4,11-14,19-27H2,1-2H3. The summed E-state index contributed by atoms with van der Waals surface area (Å²) in [5, 5.41) is 6.79. The summed E-state index contributed by atoms with van der Waals surface area (Å²) in [5.41, 5.74) is 2.76. The third-order valence-corrected chi connectivity index (χ3v) is 6.60. The number of unbranched alkanes of at least 4 members (excludes halogenated alkanes) is 2. The number of rotatable bonds is 22. The van der Waals surface area contributed by atoms with Gasteiger partial charge in [-0.25, -0.2) is 0 Å². The Morgan fingerprint density at radius 3 is 1.77 bits per heavy atom. The molecule has 196 valence electrons. The normalized spacial score (nSPS) is 11.5. The van der Waals surface area contributed by atoms with Crippen molar-refractivity contribution in [1.82, 2.24) is 20.4 Å². The zero-order valence-electron chi connectivity index (χ0n) is 22.1. The molecule has 0 heterocycles. The van der Waals surface area contributed by atoms with Crippen LogP contribution < -0.4 is 10.6 Å². The van der Waals surface area contributed by atoms with Gasteiger partial charge >= 0.3 is 0 Å². The Kier molecular flexibility index (Phi) is 17.7. The summed E-state index contributed by atoms with van der Waals surface area (Å²) < 4.78 is 5.94. The third-order valence-electron chi connectivity index (χ3n) is 5.96. The molecule has 35 heavy (non-hydrogen) atoms. The highest BCUT2D eigenvalue weighted by Crippen LogP contribution is 2.11. The summed E-state index contributed by atoms with van der Waals surface area (Å²) in [4.78, 5) is 5.07. The number of hydrogen-bond donors (Lipinski definition) is 2. The van der Waals surface area contributed by atoms with Crippen LogP contribution in [0.2, 0.25) is 0 Å². The Labute approximate surface area is 219 Å². The second-order valence-electron chi connectivity index (χ2n) is 8.99. The lowest BCUT2D eigenvalue weighted by molar-refractivity contribution is 0.133. The van der Waals surface area contributed by atoms with Crippen LogP contribution in [0.1, 0.15) is 50.7 Å². The minimum atomic E-state index is 0.670. The maximum Gasteiger partial charge on any atom is 0.114 e. The van der Waals surface area contributed by atoms with Crippen molar-refractivity contribution in [3.63, 3.8) is 0 Å². The van der Waals surface area contributed by atoms with Crippen LogP contribution >= 0.6 is 12.0 Å². The Hall–Kier alpha value is -1.41. The van der Waals surface area contributed by atoms with Crippen molar-refractivity contribution in [2.24, 2.45) is 0 Å². The van der Waals surface area contributed by atoms with Crippen LogP contribution in [0, 0.1) is 0 Å². The van der Waals surface area contributed by atoms with E-state index in [4.69, 9.17) is 4.18 Å². The minimum absolute atomic E-state index is 0.670. The van der Waals surface area contributed by atoms with Gasteiger partial charge in [-0.3, -0.25) is 14.0 Å². The molecule has 0 aliphatic carbocycles. The van der Waals surface area contributed by atoms with Gasteiger partial charge in [-0.2, -0.15) is 0 Å². The predicted molar refractivity (Wildman–Crippen MR) is 153 cm³/mol. The predicted octanol–water partition coefficient (Wildman–Crippen LogP) is 5.39. The Bertz CT molecular complexity index is 719. The van der Waals surface area contributed by atoms with E-state index in [1.807, 2.05) is 0 Å². The van der Waals surface area contributed by atoms with Crippen molar-refractivity contribution in [2.75, 3.05) is 58.3 Å². The van der Waals surface area contributed by atoms with Gasteiger partial charge in [0.05, 0.1) is 0 Å². The van der Waals surface area contributed by atoms with Crippen LogP contribution in [-0.2, 0) is 17.3 Å². The van der Waals surface area contributed by atoms with Crippen LogP contribution in [0.4, 0.5) is 0 Å². The highest BCUT2D eigenvalue weighted by Gasteiger charge is 2.09. The molecule has 0 bridgehead atoms. The summed E-state index contributed by atoms with van der Waals surface area (Å²) in [6, 6.07) is 21.6. The maximum atomic E-state index is 5.94. The molecule has 0 radical (unpaired) electrons. The van der Waals surface area contributed by atoms with Crippen molar-refractivity contribution < 1.29 is 4.18 Å². The largest absolute Gasteiger partial charge is 0.317 e. The molecule has 5 nitrogen and oxygen atoms in total. The van der Waals surface area contributed by atoms with Crippen LogP contribution in [0.15, 0.2) is 60.7 Å². The van der Waals surface area contributed by atoms with Gasteiger partial charge in [-0.1, -0.05) is 74.5 Å². The van der Waals surface area contributed by atoms with Crippen LogP contribution in [0.3, 0.4) is 0 Å². The van der Waals surface area contributed by atoms with Gasteiger partial charge in [0.25, 0.3) is 0 Å². The molecular weight excluding hydrogens is 452 g/mol. The highest BCUT2D eigenvalue weighted by molar-refractivity contribution is 7.94. The van der Waals surface area contributed by atoms with Crippen molar-refractivity contribution in [3.05, 3.63) is 71.8 Å². The molecule has 0 spiro atoms. The fourth-order valence-corrected chi connectivity index (χ4v) is 4.61. The quantitative estimate of drug-likeness (QED) is 0.128. The first kappa shape index (κ1) is 29.8. The van der Waals surface area contributed by atoms with Crippen molar-refractivity contribution in [2.45, 2.75) is 52.6 Å². The van der Waals surface area contributed by atoms with E-state index in [-0.39, 0.29) is 0 Å². The lowest BCUT2D eigenvalue weighted by Gasteiger charge is -2.25. The van der Waals surface area contributed by atoms with E-state index in [1.54, 1.807) is 12.0 Å². The molecule has 0 aliphatic rings. The average Bonchev–Trinajstić information content (AvgIpc) is 2.89. The Morgan fingerprint density at radius 1 is 0.657 bits per heavy atom. The van der Waals surface area contributed by atoms with E-state index in [1.165, 1.54) is 43.4 Å². The summed E-state index contributed by atoms with van der Waals surface area (Å²) in [6.45, 7) is 14.5. The Morgan fingerprint density at radius 2 is 1.17 bits per heavy atom. The topological polar surface area (TPSA) is 39.8 Å². The second kappa shape index (κ2) is 20.7. The molecule has 2 rings (SSSR count). The van der Waals surface area contributed by atoms with Crippen LogP contribution in [-0.4, -0.2) is 68.1 Å². The number of nitrogens with zero attached hydrogens (tertiary/aromatic N) is 2. The lowest BCUT2D eigenvalue weighted by atomic mass is 10.1. The van der Waals surface area contributed by atoms with E-state index in [2.05, 4.69) is 94.9 Å². The van der Waals surface area contributed by atoms with Crippen LogP contribution in [0.25, 0.3) is 0 Å². The smallest absolute Gasteiger partial charge is 0.114 e. The molecule has 0 saturated carbocycles. The van der Waals surface area contributed by atoms with E-state index < -0.39 is 0 Å². The molecule has 6 heteroatoms. The van der Waals surface area contributed by atoms with Gasteiger partial charge in [0.1, 0.15) is 6.73 Å². The molecule has 0 amide bonds. The zero-order valence-corrected chi connectivity index (χ0v) is 22.9. The van der Waals surface area contributed by atoms with Gasteiger partial charge in [0.15, 0.2) is 0 Å². The Balaban J connectivity index is 1.78. The van der Waals surface area contributed by atoms with Gasteiger partial charge in [0, 0.05) is 31.9 Å². The molecule has 0 saturated heterocycles. The SMILES string of the molecule is CCNCCCCN(CCCCN(COSCCNCC)Cc1ccccc1)Cc1ccccc1. The first-order valence-electron chi connectivity index (χ1n) is 13.5. The van der Waals surface area contributed by atoms with Crippen molar-refractivity contribution in [1.29, 1.82) is 0 Å². The average molecular weight is 501 g/mol. The fraction of sp³-hybridized carbons (Fsp3) is 0.586. The molecule has 2 aromatic carbocycles. The second-order valence-corrected chi connectivity index (χ2v) is 9.87. The van der Waals surface area contributed by atoms with E-state index >= 15 is 0 Å². The summed E-state index contributed by atoms with van der Waals surface area (Å²) in [7, 11) is 0. The minimum Gasteiger partial charge on any atom is -0.317 e. The first-order chi connectivity index (χ1) is 17.3. The van der Waals surface area contributed by atoms with Gasteiger partial charge in [-0.05, 0) is 81.6 Å². The van der Waals surface area contributed by atoms with Crippen molar-refractivity contribution in [3.8, 4) is 0 Å². The monoisotopic (exact) mass is 500 g/mol. The summed E-state index contributed by atoms with van der Waals surface area (Å²) >= 11 is 1.57. The van der Waals surface area contributed by atoms with Gasteiger partial charge in [-0.15, -0.1) is 0 Å². The van der Waals surface area contributed by atoms with E-state index in [0.29, 0.717) is 6.73 Å². The maximum absolute atomic E-state index is 5.94. The molecule has 2 N–H and O–H groups in total. The molecule has 0 aromatic heterocycles. The van der Waals surface area contributed by atoms with Crippen LogP contribution in [0.5, 0.6) is 0 Å². The number of nitrogens with one attached hydrogen (secondary N) is 2. The molecule has 2 aromatic rings. The zero-order chi connectivity index (χ0) is 24.8. The fourth-order valence-electron chi connectivity index (χ4n) is 4.04. The third kappa shape index (κ3) is 15.3. The van der Waals surface area contributed by atoms with Crippen molar-refractivity contribution >= 4 is 12.0 Å². The van der Waals surface area contributed by atoms with E-state index in [9.17, 15) is 0 Å². The molecule has 0 fully saturated rings. The lowest BCUT2D eigenvalue weighted by Crippen LogP contribution is -2.29. The first-order valence-corrected chi connectivity index (χ1v) is 14.4.